The zero-order chi connectivity index (χ0) is 19.0. The number of hydrogen-bond acceptors (Lipinski definition) is 6. The van der Waals surface area contributed by atoms with Gasteiger partial charge in [-0.25, -0.2) is 4.98 Å². The zero-order valence-corrected chi connectivity index (χ0v) is 16.2. The first-order valence-corrected chi connectivity index (χ1v) is 9.35. The number of morpholine rings is 1. The molecule has 0 bridgehead atoms. The molecule has 142 valence electrons. The third kappa shape index (κ3) is 3.35. The van der Waals surface area contributed by atoms with Crippen LogP contribution >= 0.6 is 0 Å². The highest BCUT2D eigenvalue weighted by Gasteiger charge is 2.24. The number of aromatic amines is 1. The molecule has 0 radical (unpaired) electrons. The fraction of sp³-hybridized carbons (Fsp3) is 0.450. The van der Waals surface area contributed by atoms with Crippen molar-refractivity contribution < 1.29 is 9.47 Å². The minimum atomic E-state index is 0.0636. The first-order valence-electron chi connectivity index (χ1n) is 9.35. The van der Waals surface area contributed by atoms with Gasteiger partial charge in [-0.3, -0.25) is 10.1 Å². The second-order valence-electron chi connectivity index (χ2n) is 7.25. The predicted molar refractivity (Wildman–Crippen MR) is 105 cm³/mol. The Labute approximate surface area is 158 Å². The van der Waals surface area contributed by atoms with Crippen molar-refractivity contribution in [3.63, 3.8) is 0 Å². The zero-order valence-electron chi connectivity index (χ0n) is 16.2. The highest BCUT2D eigenvalue weighted by molar-refractivity contribution is 5.97. The van der Waals surface area contributed by atoms with Crippen molar-refractivity contribution in [1.29, 1.82) is 0 Å². The van der Waals surface area contributed by atoms with Crippen LogP contribution < -0.4 is 9.64 Å². The van der Waals surface area contributed by atoms with E-state index >= 15 is 0 Å². The summed E-state index contributed by atoms with van der Waals surface area (Å²) in [5, 5.41) is 8.07. The van der Waals surface area contributed by atoms with E-state index in [-0.39, 0.29) is 12.1 Å². The summed E-state index contributed by atoms with van der Waals surface area (Å²) in [4.78, 5) is 11.9. The Morgan fingerprint density at radius 3 is 2.93 bits per heavy atom. The maximum atomic E-state index is 6.20. The second-order valence-corrected chi connectivity index (χ2v) is 7.25. The molecule has 0 unspecified atom stereocenters. The molecule has 1 fully saturated rings. The summed E-state index contributed by atoms with van der Waals surface area (Å²) < 4.78 is 11.8. The van der Waals surface area contributed by atoms with Crippen LogP contribution in [0.2, 0.25) is 0 Å². The van der Waals surface area contributed by atoms with Crippen LogP contribution in [0.1, 0.15) is 26.3 Å². The van der Waals surface area contributed by atoms with Crippen LogP contribution in [-0.4, -0.2) is 52.1 Å². The maximum Gasteiger partial charge on any atom is 0.133 e. The molecule has 0 saturated carbocycles. The number of anilines is 1. The Kier molecular flexibility index (Phi) is 4.70. The lowest BCUT2D eigenvalue weighted by molar-refractivity contribution is 0.0985. The van der Waals surface area contributed by atoms with Gasteiger partial charge in [-0.2, -0.15) is 5.10 Å². The van der Waals surface area contributed by atoms with Gasteiger partial charge < -0.3 is 14.4 Å². The van der Waals surface area contributed by atoms with Crippen molar-refractivity contribution in [2.24, 2.45) is 0 Å². The van der Waals surface area contributed by atoms with Gasteiger partial charge in [0.15, 0.2) is 0 Å². The van der Waals surface area contributed by atoms with E-state index in [1.165, 1.54) is 0 Å². The molecule has 1 N–H and O–H groups in total. The maximum absolute atomic E-state index is 6.20. The lowest BCUT2D eigenvalue weighted by Crippen LogP contribution is -2.44. The Hall–Kier alpha value is -2.67. The molecule has 7 nitrogen and oxygen atoms in total. The molecular formula is C20H25N5O2. The molecule has 4 rings (SSSR count). The quantitative estimate of drug-likeness (QED) is 0.762. The number of hydrogen-bond donors (Lipinski definition) is 1. The Morgan fingerprint density at radius 1 is 1.37 bits per heavy atom. The van der Waals surface area contributed by atoms with Crippen molar-refractivity contribution >= 4 is 16.7 Å². The molecule has 1 aliphatic rings. The second kappa shape index (κ2) is 7.15. The van der Waals surface area contributed by atoms with Crippen LogP contribution in [0.4, 0.5) is 5.82 Å². The van der Waals surface area contributed by atoms with Gasteiger partial charge in [0, 0.05) is 30.4 Å². The third-order valence-corrected chi connectivity index (χ3v) is 4.76. The summed E-state index contributed by atoms with van der Waals surface area (Å²) in [6.07, 6.45) is 3.65. The number of ether oxygens (including phenoxy) is 2. The molecule has 1 aliphatic heterocycles. The molecule has 7 heteroatoms. The van der Waals surface area contributed by atoms with Crippen molar-refractivity contribution in [3.8, 4) is 17.1 Å². The number of nitrogens with zero attached hydrogens (tertiary/aromatic N) is 4. The number of nitrogens with one attached hydrogen (secondary N) is 1. The smallest absolute Gasteiger partial charge is 0.133 e. The van der Waals surface area contributed by atoms with Crippen LogP contribution in [0.3, 0.4) is 0 Å². The molecule has 0 spiro atoms. The largest absolute Gasteiger partial charge is 0.490 e. The highest BCUT2D eigenvalue weighted by Crippen LogP contribution is 2.36. The van der Waals surface area contributed by atoms with Crippen molar-refractivity contribution in [2.45, 2.75) is 39.8 Å². The number of pyridine rings is 2. The average molecular weight is 367 g/mol. The van der Waals surface area contributed by atoms with Gasteiger partial charge in [0.25, 0.3) is 0 Å². The van der Waals surface area contributed by atoms with Gasteiger partial charge in [0.1, 0.15) is 22.8 Å². The molecule has 4 heterocycles. The average Bonchev–Trinajstić information content (AvgIpc) is 3.16. The molecule has 1 atom stereocenters. The summed E-state index contributed by atoms with van der Waals surface area (Å²) in [5.41, 5.74) is 3.49. The highest BCUT2D eigenvalue weighted by atomic mass is 16.5. The standard InChI is InChI=1S/C20H25N5O2/c1-12(2)27-16-9-17(25-7-8-26-11-14(25)4)23-20-18(16)13(3)10-21-19(20)15-5-6-22-24-15/h5-6,9-10,12,14H,7-8,11H2,1-4H3,(H,22,24)/t14-/m1/s1. The van der Waals surface area contributed by atoms with E-state index in [2.05, 4.69) is 27.0 Å². The van der Waals surface area contributed by atoms with E-state index in [9.17, 15) is 0 Å². The van der Waals surface area contributed by atoms with E-state index in [1.54, 1.807) is 6.20 Å². The topological polar surface area (TPSA) is 76.2 Å². The van der Waals surface area contributed by atoms with Gasteiger partial charge in [-0.05, 0) is 39.3 Å². The Morgan fingerprint density at radius 2 is 2.22 bits per heavy atom. The number of fused-ring (bicyclic) bond motifs is 1. The van der Waals surface area contributed by atoms with E-state index in [1.807, 2.05) is 39.1 Å². The predicted octanol–water partition coefficient (Wildman–Crippen LogP) is 3.34. The first kappa shape index (κ1) is 17.7. The molecule has 3 aromatic heterocycles. The molecular weight excluding hydrogens is 342 g/mol. The van der Waals surface area contributed by atoms with Gasteiger partial charge in [-0.1, -0.05) is 0 Å². The van der Waals surface area contributed by atoms with Crippen molar-refractivity contribution in [2.75, 3.05) is 24.7 Å². The molecule has 0 amide bonds. The third-order valence-electron chi connectivity index (χ3n) is 4.76. The molecule has 3 aromatic rings. The summed E-state index contributed by atoms with van der Waals surface area (Å²) in [6.45, 7) is 10.5. The van der Waals surface area contributed by atoms with Crippen LogP contribution in [0.15, 0.2) is 24.5 Å². The van der Waals surface area contributed by atoms with E-state index in [0.29, 0.717) is 13.2 Å². The van der Waals surface area contributed by atoms with Crippen molar-refractivity contribution in [1.82, 2.24) is 20.2 Å². The van der Waals surface area contributed by atoms with Gasteiger partial charge in [-0.15, -0.1) is 0 Å². The van der Waals surface area contributed by atoms with Crippen molar-refractivity contribution in [3.05, 3.63) is 30.1 Å². The summed E-state index contributed by atoms with van der Waals surface area (Å²) in [6, 6.07) is 4.21. The van der Waals surface area contributed by atoms with E-state index in [0.717, 1.165) is 46.0 Å². The lowest BCUT2D eigenvalue weighted by Gasteiger charge is -2.34. The molecule has 0 aromatic carbocycles. The van der Waals surface area contributed by atoms with Crippen LogP contribution in [0, 0.1) is 6.92 Å². The molecule has 1 saturated heterocycles. The van der Waals surface area contributed by atoms with E-state index in [4.69, 9.17) is 14.5 Å². The fourth-order valence-electron chi connectivity index (χ4n) is 3.49. The summed E-state index contributed by atoms with van der Waals surface area (Å²) in [5.74, 6) is 1.73. The van der Waals surface area contributed by atoms with E-state index < -0.39 is 0 Å². The first-order chi connectivity index (χ1) is 13.0. The SMILES string of the molecule is Cc1cnc(-c2ccn[nH]2)c2nc(N3CCOC[C@H]3C)cc(OC(C)C)c12. The monoisotopic (exact) mass is 367 g/mol. The van der Waals surface area contributed by atoms with Gasteiger partial charge in [0.2, 0.25) is 0 Å². The van der Waals surface area contributed by atoms with Gasteiger partial charge in [0.05, 0.1) is 31.1 Å². The molecule has 0 aliphatic carbocycles. The summed E-state index contributed by atoms with van der Waals surface area (Å²) in [7, 11) is 0. The summed E-state index contributed by atoms with van der Waals surface area (Å²) >= 11 is 0. The van der Waals surface area contributed by atoms with Crippen LogP contribution in [0.5, 0.6) is 5.75 Å². The number of rotatable bonds is 4. The van der Waals surface area contributed by atoms with Crippen LogP contribution in [0.25, 0.3) is 22.3 Å². The Bertz CT molecular complexity index is 939. The lowest BCUT2D eigenvalue weighted by atomic mass is 10.1. The number of H-pyrrole nitrogens is 1. The fourth-order valence-corrected chi connectivity index (χ4v) is 3.49. The van der Waals surface area contributed by atoms with Gasteiger partial charge >= 0.3 is 0 Å². The minimum Gasteiger partial charge on any atom is -0.490 e. The minimum absolute atomic E-state index is 0.0636. The normalized spacial score (nSPS) is 17.7. The number of aromatic nitrogens is 4. The van der Waals surface area contributed by atoms with Crippen LogP contribution in [-0.2, 0) is 4.74 Å². The number of aryl methyl sites for hydroxylation is 1. The Balaban J connectivity index is 1.96. The molecule has 27 heavy (non-hydrogen) atoms.